The SMILES string of the molecule is CC1(C)C[C@H](O)[C@]2(CO)C[C@H](O)[C@]3(C)C(=CC[C@@H]4[C@@]5(C)CC[C@H](O)C(C)(C)[C@@H]5CC[C@]43C)[C@@H]2C1. The zero-order valence-electron chi connectivity index (χ0n) is 22.7. The van der Waals surface area contributed by atoms with Gasteiger partial charge in [-0.1, -0.05) is 60.1 Å². The molecule has 4 N–H and O–H groups in total. The van der Waals surface area contributed by atoms with E-state index in [1.165, 1.54) is 5.57 Å². The molecule has 5 aliphatic carbocycles. The largest absolute Gasteiger partial charge is 0.396 e. The summed E-state index contributed by atoms with van der Waals surface area (Å²) >= 11 is 0. The summed E-state index contributed by atoms with van der Waals surface area (Å²) < 4.78 is 0. The lowest BCUT2D eigenvalue weighted by Crippen LogP contribution is -2.69. The topological polar surface area (TPSA) is 80.9 Å². The zero-order chi connectivity index (χ0) is 25.1. The molecule has 0 unspecified atom stereocenters. The Hall–Kier alpha value is -0.420. The van der Waals surface area contributed by atoms with E-state index < -0.39 is 17.6 Å². The van der Waals surface area contributed by atoms with E-state index in [1.54, 1.807) is 0 Å². The molecule has 194 valence electrons. The fraction of sp³-hybridized carbons (Fsp3) is 0.933. The first-order valence-corrected chi connectivity index (χ1v) is 14.0. The maximum absolute atomic E-state index is 12.0. The lowest BCUT2D eigenvalue weighted by atomic mass is 9.33. The van der Waals surface area contributed by atoms with Crippen molar-refractivity contribution in [3.8, 4) is 0 Å². The molecular formula is C30H50O4. The smallest absolute Gasteiger partial charge is 0.0643 e. The molecule has 0 aromatic heterocycles. The second-order valence-electron chi connectivity index (χ2n) is 15.3. The minimum atomic E-state index is -0.637. The van der Waals surface area contributed by atoms with Gasteiger partial charge in [-0.2, -0.15) is 0 Å². The highest BCUT2D eigenvalue weighted by atomic mass is 16.3. The van der Waals surface area contributed by atoms with Crippen LogP contribution >= 0.6 is 0 Å². The van der Waals surface area contributed by atoms with Crippen LogP contribution in [0.2, 0.25) is 0 Å². The lowest BCUT2D eigenvalue weighted by Gasteiger charge is -2.72. The van der Waals surface area contributed by atoms with Crippen LogP contribution < -0.4 is 0 Å². The summed E-state index contributed by atoms with van der Waals surface area (Å²) in [6, 6.07) is 0. The maximum Gasteiger partial charge on any atom is 0.0643 e. The van der Waals surface area contributed by atoms with E-state index >= 15 is 0 Å². The monoisotopic (exact) mass is 474 g/mol. The molecule has 0 radical (unpaired) electrons. The Morgan fingerprint density at radius 1 is 0.794 bits per heavy atom. The number of hydrogen-bond donors (Lipinski definition) is 4. The predicted molar refractivity (Wildman–Crippen MR) is 135 cm³/mol. The van der Waals surface area contributed by atoms with Crippen molar-refractivity contribution in [2.45, 2.75) is 118 Å². The van der Waals surface area contributed by atoms with Gasteiger partial charge in [0.1, 0.15) is 0 Å². The highest BCUT2D eigenvalue weighted by Crippen LogP contribution is 2.75. The molecule has 4 heteroatoms. The molecule has 0 heterocycles. The molecule has 4 fully saturated rings. The van der Waals surface area contributed by atoms with Crippen LogP contribution in [-0.2, 0) is 0 Å². The highest BCUT2D eigenvalue weighted by Gasteiger charge is 2.71. The second kappa shape index (κ2) is 7.33. The first kappa shape index (κ1) is 25.2. The molecule has 0 aromatic carbocycles. The van der Waals surface area contributed by atoms with Gasteiger partial charge in [0.15, 0.2) is 0 Å². The van der Waals surface area contributed by atoms with Gasteiger partial charge < -0.3 is 20.4 Å². The Morgan fingerprint density at radius 3 is 2.12 bits per heavy atom. The van der Waals surface area contributed by atoms with Crippen molar-refractivity contribution < 1.29 is 20.4 Å². The van der Waals surface area contributed by atoms with Gasteiger partial charge in [-0.15, -0.1) is 0 Å². The summed E-state index contributed by atoms with van der Waals surface area (Å²) in [6.07, 6.45) is 8.22. The van der Waals surface area contributed by atoms with E-state index in [2.05, 4.69) is 54.5 Å². The van der Waals surface area contributed by atoms with Crippen molar-refractivity contribution in [2.75, 3.05) is 6.61 Å². The van der Waals surface area contributed by atoms with Crippen LogP contribution in [-0.4, -0.2) is 45.3 Å². The second-order valence-corrected chi connectivity index (χ2v) is 15.3. The van der Waals surface area contributed by atoms with E-state index in [9.17, 15) is 20.4 Å². The van der Waals surface area contributed by atoms with Crippen LogP contribution in [0, 0.1) is 50.2 Å². The number of aliphatic hydroxyl groups is 4. The van der Waals surface area contributed by atoms with Gasteiger partial charge in [0.2, 0.25) is 0 Å². The normalized spacial score (nSPS) is 55.8. The van der Waals surface area contributed by atoms with Crippen molar-refractivity contribution in [3.05, 3.63) is 11.6 Å². The minimum Gasteiger partial charge on any atom is -0.396 e. The van der Waals surface area contributed by atoms with Gasteiger partial charge in [0.05, 0.1) is 24.9 Å². The Bertz CT molecular complexity index is 877. The van der Waals surface area contributed by atoms with Gasteiger partial charge in [-0.3, -0.25) is 0 Å². The molecular weight excluding hydrogens is 424 g/mol. The first-order valence-electron chi connectivity index (χ1n) is 14.0. The average Bonchev–Trinajstić information content (AvgIpc) is 2.73. The van der Waals surface area contributed by atoms with Gasteiger partial charge in [0, 0.05) is 10.8 Å². The molecule has 0 amide bonds. The van der Waals surface area contributed by atoms with E-state index in [1.807, 2.05) is 0 Å². The summed E-state index contributed by atoms with van der Waals surface area (Å²) in [7, 11) is 0. The quantitative estimate of drug-likeness (QED) is 0.399. The van der Waals surface area contributed by atoms with E-state index in [4.69, 9.17) is 0 Å². The van der Waals surface area contributed by atoms with Crippen molar-refractivity contribution in [3.63, 3.8) is 0 Å². The fourth-order valence-electron chi connectivity index (χ4n) is 10.9. The number of rotatable bonds is 1. The molecule has 0 aromatic rings. The molecule has 4 nitrogen and oxygen atoms in total. The molecule has 5 rings (SSSR count). The molecule has 0 aliphatic heterocycles. The van der Waals surface area contributed by atoms with Crippen LogP contribution in [0.15, 0.2) is 11.6 Å². The minimum absolute atomic E-state index is 0.0116. The van der Waals surface area contributed by atoms with E-state index in [-0.39, 0.29) is 45.7 Å². The van der Waals surface area contributed by atoms with Crippen LogP contribution in [0.4, 0.5) is 0 Å². The summed E-state index contributed by atoms with van der Waals surface area (Å²) in [6.45, 7) is 16.2. The Morgan fingerprint density at radius 2 is 1.47 bits per heavy atom. The summed E-state index contributed by atoms with van der Waals surface area (Å²) in [4.78, 5) is 0. The third-order valence-electron chi connectivity index (χ3n) is 13.2. The molecule has 0 bridgehead atoms. The summed E-state index contributed by atoms with van der Waals surface area (Å²) in [5, 5.41) is 44.9. The van der Waals surface area contributed by atoms with E-state index in [0.29, 0.717) is 24.7 Å². The van der Waals surface area contributed by atoms with Gasteiger partial charge in [0.25, 0.3) is 0 Å². The molecule has 34 heavy (non-hydrogen) atoms. The number of hydrogen-bond acceptors (Lipinski definition) is 4. The van der Waals surface area contributed by atoms with Gasteiger partial charge >= 0.3 is 0 Å². The fourth-order valence-corrected chi connectivity index (χ4v) is 10.9. The maximum atomic E-state index is 12.0. The standard InChI is InChI=1S/C30H50O4/c1-25(2)14-19-18-8-9-21-27(5)12-11-22(32)26(3,4)20(27)10-13-28(21,6)29(18,7)23(33)16-30(19,17-31)24(34)15-25/h8,19-24,31-34H,9-17H2,1-7H3/t19-,20-,21+,22-,23-,24-,27-,28+,29-,30-/m0/s1. The first-order chi connectivity index (χ1) is 15.6. The molecule has 0 spiro atoms. The van der Waals surface area contributed by atoms with Crippen LogP contribution in [0.5, 0.6) is 0 Å². The zero-order valence-corrected chi connectivity index (χ0v) is 22.7. The van der Waals surface area contributed by atoms with Gasteiger partial charge in [-0.05, 0) is 90.8 Å². The van der Waals surface area contributed by atoms with Crippen molar-refractivity contribution in [1.29, 1.82) is 0 Å². The molecule has 10 atom stereocenters. The van der Waals surface area contributed by atoms with Crippen LogP contribution in [0.3, 0.4) is 0 Å². The summed E-state index contributed by atoms with van der Waals surface area (Å²) in [5.41, 5.74) is 0.336. The third-order valence-corrected chi connectivity index (χ3v) is 13.2. The Balaban J connectivity index is 1.63. The van der Waals surface area contributed by atoms with Crippen LogP contribution in [0.1, 0.15) is 99.8 Å². The Labute approximate surface area is 207 Å². The van der Waals surface area contributed by atoms with Crippen molar-refractivity contribution in [2.24, 2.45) is 50.2 Å². The number of fused-ring (bicyclic) bond motifs is 7. The summed E-state index contributed by atoms with van der Waals surface area (Å²) in [5.74, 6) is 1.04. The van der Waals surface area contributed by atoms with E-state index in [0.717, 1.165) is 38.5 Å². The van der Waals surface area contributed by atoms with Gasteiger partial charge in [-0.25, -0.2) is 0 Å². The number of allylic oxidation sites excluding steroid dienone is 1. The average molecular weight is 475 g/mol. The molecule has 4 saturated carbocycles. The third kappa shape index (κ3) is 2.86. The van der Waals surface area contributed by atoms with Crippen molar-refractivity contribution in [1.82, 2.24) is 0 Å². The lowest BCUT2D eigenvalue weighted by molar-refractivity contribution is -0.236. The highest BCUT2D eigenvalue weighted by molar-refractivity contribution is 5.36. The number of aliphatic hydroxyl groups excluding tert-OH is 4. The molecule has 0 saturated heterocycles. The molecule has 5 aliphatic rings. The Kier molecular flexibility index (Phi) is 5.44. The van der Waals surface area contributed by atoms with Crippen LogP contribution in [0.25, 0.3) is 0 Å². The van der Waals surface area contributed by atoms with Crippen molar-refractivity contribution >= 4 is 0 Å². The predicted octanol–water partition coefficient (Wildman–Crippen LogP) is 5.08.